The summed E-state index contributed by atoms with van der Waals surface area (Å²) in [5.74, 6) is 0.583. The van der Waals surface area contributed by atoms with Gasteiger partial charge in [-0.1, -0.05) is 0 Å². The molecule has 0 spiro atoms. The third-order valence-electron chi connectivity index (χ3n) is 3.06. The Morgan fingerprint density at radius 2 is 1.74 bits per heavy atom. The van der Waals surface area contributed by atoms with Gasteiger partial charge in [-0.05, 0) is 42.8 Å². The molecule has 0 unspecified atom stereocenters. The van der Waals surface area contributed by atoms with Gasteiger partial charge < -0.3 is 25.5 Å². The molecule has 0 fully saturated rings. The Bertz CT molecular complexity index is 623. The molecule has 4 N–H and O–H groups in total. The molecule has 2 rings (SSSR count). The quantitative estimate of drug-likeness (QED) is 0.582. The minimum atomic E-state index is -0.286. The van der Waals surface area contributed by atoms with Gasteiger partial charge in [0.15, 0.2) is 0 Å². The molecule has 7 heteroatoms. The number of amides is 3. The van der Waals surface area contributed by atoms with Gasteiger partial charge in [-0.2, -0.15) is 0 Å². The topological polar surface area (TPSA) is 104 Å². The Morgan fingerprint density at radius 1 is 1.00 bits per heavy atom. The van der Waals surface area contributed by atoms with Crippen molar-refractivity contribution in [1.82, 2.24) is 16.0 Å². The van der Waals surface area contributed by atoms with Crippen molar-refractivity contribution in [2.24, 2.45) is 0 Å². The van der Waals surface area contributed by atoms with Crippen molar-refractivity contribution in [3.8, 4) is 5.75 Å². The molecule has 3 amide bonds. The number of benzene rings is 1. The number of carbonyl (C=O) groups is 2. The second-order valence-corrected chi connectivity index (χ2v) is 4.85. The molecule has 0 radical (unpaired) electrons. The zero-order valence-electron chi connectivity index (χ0n) is 12.5. The van der Waals surface area contributed by atoms with Gasteiger partial charge in [-0.25, -0.2) is 4.79 Å². The average Bonchev–Trinajstić information content (AvgIpc) is 3.06. The van der Waals surface area contributed by atoms with Crippen LogP contribution in [0, 0.1) is 0 Å². The van der Waals surface area contributed by atoms with Crippen LogP contribution in [0.4, 0.5) is 4.79 Å². The van der Waals surface area contributed by atoms with E-state index in [1.165, 1.54) is 12.1 Å². The summed E-state index contributed by atoms with van der Waals surface area (Å²) in [4.78, 5) is 23.3. The molecular weight excluding hydrogens is 298 g/mol. The number of urea groups is 1. The number of furan rings is 1. The van der Waals surface area contributed by atoms with Crippen LogP contribution in [0.25, 0.3) is 0 Å². The summed E-state index contributed by atoms with van der Waals surface area (Å²) < 4.78 is 5.10. The molecule has 0 aliphatic heterocycles. The maximum Gasteiger partial charge on any atom is 0.315 e. The fraction of sp³-hybridized carbons (Fsp3) is 0.250. The van der Waals surface area contributed by atoms with Crippen molar-refractivity contribution in [3.63, 3.8) is 0 Å². The predicted molar refractivity (Wildman–Crippen MR) is 84.0 cm³/mol. The standard InChI is InChI=1S/C16H19N3O4/c20-13-6-4-12(5-7-13)15(21)17-8-2-9-18-16(22)19-11-14-3-1-10-23-14/h1,3-7,10,20H,2,8-9,11H2,(H,17,21)(H2,18,19,22). The van der Waals surface area contributed by atoms with E-state index in [2.05, 4.69) is 16.0 Å². The van der Waals surface area contributed by atoms with Crippen LogP contribution in [0.15, 0.2) is 47.1 Å². The number of phenols is 1. The lowest BCUT2D eigenvalue weighted by Crippen LogP contribution is -2.36. The first kappa shape index (κ1) is 16.4. The van der Waals surface area contributed by atoms with E-state index in [9.17, 15) is 9.59 Å². The summed E-state index contributed by atoms with van der Waals surface area (Å²) in [5, 5.41) is 17.2. The van der Waals surface area contributed by atoms with Gasteiger partial charge in [0.05, 0.1) is 12.8 Å². The van der Waals surface area contributed by atoms with Gasteiger partial charge in [0, 0.05) is 18.7 Å². The smallest absolute Gasteiger partial charge is 0.315 e. The molecule has 0 aliphatic rings. The molecule has 0 aliphatic carbocycles. The Hall–Kier alpha value is -2.96. The lowest BCUT2D eigenvalue weighted by molar-refractivity contribution is 0.0953. The van der Waals surface area contributed by atoms with Crippen LogP contribution in [0.1, 0.15) is 22.5 Å². The van der Waals surface area contributed by atoms with Crippen molar-refractivity contribution in [2.45, 2.75) is 13.0 Å². The number of carbonyl (C=O) groups excluding carboxylic acids is 2. The number of nitrogens with one attached hydrogen (secondary N) is 3. The summed E-state index contributed by atoms with van der Waals surface area (Å²) in [6.45, 7) is 1.22. The number of rotatable bonds is 7. The minimum Gasteiger partial charge on any atom is -0.508 e. The second kappa shape index (κ2) is 8.47. The normalized spacial score (nSPS) is 10.1. The number of hydrogen-bond acceptors (Lipinski definition) is 4. The minimum absolute atomic E-state index is 0.117. The van der Waals surface area contributed by atoms with Crippen LogP contribution in [0.5, 0.6) is 5.75 Å². The van der Waals surface area contributed by atoms with Crippen molar-refractivity contribution in [3.05, 3.63) is 54.0 Å². The SMILES string of the molecule is O=C(NCCCNC(=O)c1ccc(O)cc1)NCc1ccco1. The molecule has 1 heterocycles. The molecule has 1 aromatic heterocycles. The van der Waals surface area contributed by atoms with E-state index in [0.717, 1.165) is 0 Å². The fourth-order valence-corrected chi connectivity index (χ4v) is 1.85. The van der Waals surface area contributed by atoms with E-state index in [1.54, 1.807) is 30.5 Å². The van der Waals surface area contributed by atoms with Crippen LogP contribution < -0.4 is 16.0 Å². The maximum absolute atomic E-state index is 11.8. The fourth-order valence-electron chi connectivity index (χ4n) is 1.85. The second-order valence-electron chi connectivity index (χ2n) is 4.85. The van der Waals surface area contributed by atoms with Gasteiger partial charge in [0.25, 0.3) is 5.91 Å². The van der Waals surface area contributed by atoms with Crippen LogP contribution in [-0.2, 0) is 6.54 Å². The number of phenolic OH excluding ortho intramolecular Hbond substituents is 1. The highest BCUT2D eigenvalue weighted by Crippen LogP contribution is 2.09. The van der Waals surface area contributed by atoms with Gasteiger partial charge in [-0.15, -0.1) is 0 Å². The molecule has 0 bridgehead atoms. The Kier molecular flexibility index (Phi) is 6.05. The zero-order chi connectivity index (χ0) is 16.5. The van der Waals surface area contributed by atoms with Gasteiger partial charge in [-0.3, -0.25) is 4.79 Å². The lowest BCUT2D eigenvalue weighted by Gasteiger charge is -2.08. The largest absolute Gasteiger partial charge is 0.508 e. The number of aromatic hydroxyl groups is 1. The van der Waals surface area contributed by atoms with Gasteiger partial charge in [0.1, 0.15) is 11.5 Å². The molecule has 122 valence electrons. The molecular formula is C16H19N3O4. The van der Waals surface area contributed by atoms with E-state index in [0.29, 0.717) is 37.4 Å². The Morgan fingerprint density at radius 3 is 2.43 bits per heavy atom. The average molecular weight is 317 g/mol. The molecule has 23 heavy (non-hydrogen) atoms. The molecule has 1 aromatic carbocycles. The first-order valence-electron chi connectivity index (χ1n) is 7.26. The van der Waals surface area contributed by atoms with Crippen molar-refractivity contribution in [2.75, 3.05) is 13.1 Å². The van der Waals surface area contributed by atoms with Gasteiger partial charge in [0.2, 0.25) is 0 Å². The first-order chi connectivity index (χ1) is 11.1. The zero-order valence-corrected chi connectivity index (χ0v) is 12.5. The summed E-state index contributed by atoms with van der Waals surface area (Å²) in [6, 6.07) is 9.26. The number of hydrogen-bond donors (Lipinski definition) is 4. The van der Waals surface area contributed by atoms with E-state index in [1.807, 2.05) is 0 Å². The highest BCUT2D eigenvalue weighted by molar-refractivity contribution is 5.94. The predicted octanol–water partition coefficient (Wildman–Crippen LogP) is 1.60. The van der Waals surface area contributed by atoms with Crippen LogP contribution in [0.2, 0.25) is 0 Å². The third kappa shape index (κ3) is 5.74. The van der Waals surface area contributed by atoms with E-state index < -0.39 is 0 Å². The molecule has 0 saturated heterocycles. The summed E-state index contributed by atoms with van der Waals surface area (Å²) in [6.07, 6.45) is 2.16. The van der Waals surface area contributed by atoms with Crippen molar-refractivity contribution >= 4 is 11.9 Å². The lowest BCUT2D eigenvalue weighted by atomic mass is 10.2. The third-order valence-corrected chi connectivity index (χ3v) is 3.06. The van der Waals surface area contributed by atoms with Crippen LogP contribution in [-0.4, -0.2) is 30.1 Å². The van der Waals surface area contributed by atoms with Crippen LogP contribution >= 0.6 is 0 Å². The van der Waals surface area contributed by atoms with Crippen molar-refractivity contribution < 1.29 is 19.1 Å². The highest BCUT2D eigenvalue weighted by atomic mass is 16.3. The Balaban J connectivity index is 1.55. The van der Waals surface area contributed by atoms with Crippen molar-refractivity contribution in [1.29, 1.82) is 0 Å². The highest BCUT2D eigenvalue weighted by Gasteiger charge is 2.05. The Labute approximate surface area is 133 Å². The van der Waals surface area contributed by atoms with Gasteiger partial charge >= 0.3 is 6.03 Å². The first-order valence-corrected chi connectivity index (χ1v) is 7.26. The molecule has 2 aromatic rings. The summed E-state index contributed by atoms with van der Waals surface area (Å²) in [7, 11) is 0. The molecule has 0 atom stereocenters. The van der Waals surface area contributed by atoms with E-state index in [4.69, 9.17) is 9.52 Å². The van der Waals surface area contributed by atoms with E-state index >= 15 is 0 Å². The van der Waals surface area contributed by atoms with Crippen LogP contribution in [0.3, 0.4) is 0 Å². The van der Waals surface area contributed by atoms with E-state index in [-0.39, 0.29) is 17.7 Å². The molecule has 0 saturated carbocycles. The summed E-state index contributed by atoms with van der Waals surface area (Å²) in [5.41, 5.74) is 0.479. The molecule has 7 nitrogen and oxygen atoms in total. The maximum atomic E-state index is 11.8. The summed E-state index contributed by atoms with van der Waals surface area (Å²) >= 11 is 0. The monoisotopic (exact) mass is 317 g/mol.